The molecule has 0 atom stereocenters. The van der Waals surface area contributed by atoms with E-state index in [1.54, 1.807) is 6.20 Å². The van der Waals surface area contributed by atoms with E-state index >= 15 is 0 Å². The van der Waals surface area contributed by atoms with E-state index in [9.17, 15) is 0 Å². The van der Waals surface area contributed by atoms with E-state index in [2.05, 4.69) is 15.0 Å². The van der Waals surface area contributed by atoms with Gasteiger partial charge >= 0.3 is 7.12 Å². The number of pyridine rings is 1. The molecule has 3 aromatic rings. The van der Waals surface area contributed by atoms with E-state index in [1.807, 2.05) is 76.2 Å². The Morgan fingerprint density at radius 1 is 0.806 bits per heavy atom. The van der Waals surface area contributed by atoms with Crippen LogP contribution < -0.4 is 5.46 Å². The summed E-state index contributed by atoms with van der Waals surface area (Å²) in [6.45, 7) is 8.12. The van der Waals surface area contributed by atoms with Gasteiger partial charge in [0, 0.05) is 23.4 Å². The third-order valence-corrected chi connectivity index (χ3v) is 5.71. The lowest BCUT2D eigenvalue weighted by molar-refractivity contribution is 0.00578. The maximum atomic E-state index is 9.10. The largest absolute Gasteiger partial charge is 0.494 e. The topological polar surface area (TPSA) is 105 Å². The van der Waals surface area contributed by atoms with Crippen molar-refractivity contribution >= 4 is 12.6 Å². The Hall–Kier alpha value is -3.59. The molecule has 0 unspecified atom stereocenters. The summed E-state index contributed by atoms with van der Waals surface area (Å²) < 4.78 is 12.2. The number of nitriles is 2. The van der Waals surface area contributed by atoms with Crippen LogP contribution in [0.4, 0.5) is 0 Å². The van der Waals surface area contributed by atoms with Crippen LogP contribution in [0.1, 0.15) is 39.1 Å². The zero-order valence-corrected chi connectivity index (χ0v) is 17.7. The van der Waals surface area contributed by atoms with Gasteiger partial charge in [-0.15, -0.1) is 0 Å². The molecular weight excluding hydrogens is 389 g/mol. The van der Waals surface area contributed by atoms with Crippen molar-refractivity contribution in [2.45, 2.75) is 38.9 Å². The number of hydrogen-bond donors (Lipinski definition) is 0. The monoisotopic (exact) mass is 409 g/mol. The van der Waals surface area contributed by atoms with Crippen molar-refractivity contribution in [1.82, 2.24) is 15.0 Å². The molecule has 1 fully saturated rings. The first kappa shape index (κ1) is 20.7. The highest BCUT2D eigenvalue weighted by atomic mass is 16.7. The van der Waals surface area contributed by atoms with Crippen LogP contribution in [0, 0.1) is 22.7 Å². The second-order valence-electron chi connectivity index (χ2n) is 8.33. The van der Waals surface area contributed by atoms with E-state index in [0.717, 1.165) is 16.7 Å². The lowest BCUT2D eigenvalue weighted by Gasteiger charge is -2.32. The maximum Gasteiger partial charge on any atom is 0.494 e. The smallest absolute Gasteiger partial charge is 0.399 e. The summed E-state index contributed by atoms with van der Waals surface area (Å²) >= 11 is 0. The average Bonchev–Trinajstić information content (AvgIpc) is 3.00. The summed E-state index contributed by atoms with van der Waals surface area (Å²) in [4.78, 5) is 12.8. The standard InChI is InChI=1S/C23H20BN5O2/c1-22(2)23(3,4)31-24(30-22)17-8-5-15(6-9-17)20-10-7-16(14-27-20)21-28-18(12-25)11-19(13-26)29-21/h5-11,14H,1-4H3. The Balaban J connectivity index is 1.56. The van der Waals surface area contributed by atoms with Crippen LogP contribution in [0.5, 0.6) is 0 Å². The summed E-state index contributed by atoms with van der Waals surface area (Å²) in [5.41, 5.74) is 2.81. The first-order valence-corrected chi connectivity index (χ1v) is 9.84. The third-order valence-electron chi connectivity index (χ3n) is 5.71. The van der Waals surface area contributed by atoms with Gasteiger partial charge in [-0.05, 0) is 45.3 Å². The summed E-state index contributed by atoms with van der Waals surface area (Å²) in [6, 6.07) is 16.8. The van der Waals surface area contributed by atoms with E-state index in [1.165, 1.54) is 6.07 Å². The van der Waals surface area contributed by atoms with E-state index in [4.69, 9.17) is 19.8 Å². The predicted octanol–water partition coefficient (Wildman–Crippen LogP) is 3.25. The number of rotatable bonds is 3. The van der Waals surface area contributed by atoms with Crippen molar-refractivity contribution in [2.75, 3.05) is 0 Å². The van der Waals surface area contributed by atoms with Gasteiger partial charge in [-0.1, -0.05) is 24.3 Å². The van der Waals surface area contributed by atoms with E-state index in [-0.39, 0.29) is 22.6 Å². The van der Waals surface area contributed by atoms with Gasteiger partial charge < -0.3 is 9.31 Å². The molecular formula is C23H20BN5O2. The van der Waals surface area contributed by atoms with Gasteiger partial charge in [-0.25, -0.2) is 9.97 Å². The van der Waals surface area contributed by atoms with Crippen molar-refractivity contribution < 1.29 is 9.31 Å². The van der Waals surface area contributed by atoms with Gasteiger partial charge in [-0.2, -0.15) is 10.5 Å². The van der Waals surface area contributed by atoms with Gasteiger partial charge in [0.25, 0.3) is 0 Å². The highest BCUT2D eigenvalue weighted by molar-refractivity contribution is 6.62. The fourth-order valence-electron chi connectivity index (χ4n) is 3.18. The molecule has 7 nitrogen and oxygen atoms in total. The molecule has 0 saturated carbocycles. The van der Waals surface area contributed by atoms with Crippen LogP contribution in [-0.4, -0.2) is 33.3 Å². The summed E-state index contributed by atoms with van der Waals surface area (Å²) in [5.74, 6) is 0.297. The molecule has 2 aromatic heterocycles. The van der Waals surface area contributed by atoms with Crippen LogP contribution >= 0.6 is 0 Å². The van der Waals surface area contributed by atoms with Crippen molar-refractivity contribution in [3.8, 4) is 34.8 Å². The van der Waals surface area contributed by atoms with Gasteiger partial charge in [0.15, 0.2) is 5.82 Å². The highest BCUT2D eigenvalue weighted by Crippen LogP contribution is 2.36. The highest BCUT2D eigenvalue weighted by Gasteiger charge is 2.51. The SMILES string of the molecule is CC1(C)OB(c2ccc(-c3ccc(-c4nc(C#N)cc(C#N)n4)cn3)cc2)OC1(C)C. The molecule has 0 spiro atoms. The number of nitrogens with zero attached hydrogens (tertiary/aromatic N) is 5. The molecule has 4 rings (SSSR count). The quantitative estimate of drug-likeness (QED) is 0.612. The third kappa shape index (κ3) is 3.92. The minimum Gasteiger partial charge on any atom is -0.399 e. The van der Waals surface area contributed by atoms with Crippen molar-refractivity contribution in [3.05, 3.63) is 60.0 Å². The van der Waals surface area contributed by atoms with Crippen LogP contribution in [0.15, 0.2) is 48.7 Å². The number of benzene rings is 1. The Bertz CT molecular complexity index is 1160. The summed E-state index contributed by atoms with van der Waals surface area (Å²) in [5, 5.41) is 18.2. The molecule has 1 saturated heterocycles. The molecule has 0 bridgehead atoms. The molecule has 0 radical (unpaired) electrons. The molecule has 0 aliphatic carbocycles. The Morgan fingerprint density at radius 3 is 1.84 bits per heavy atom. The normalized spacial score (nSPS) is 16.5. The van der Waals surface area contributed by atoms with Gasteiger partial charge in [0.05, 0.1) is 16.9 Å². The predicted molar refractivity (Wildman–Crippen MR) is 116 cm³/mol. The van der Waals surface area contributed by atoms with E-state index < -0.39 is 7.12 Å². The molecule has 0 N–H and O–H groups in total. The second-order valence-corrected chi connectivity index (χ2v) is 8.33. The lowest BCUT2D eigenvalue weighted by atomic mass is 9.79. The molecule has 1 aliphatic rings. The van der Waals surface area contributed by atoms with Crippen molar-refractivity contribution in [2.24, 2.45) is 0 Å². The number of hydrogen-bond acceptors (Lipinski definition) is 7. The van der Waals surface area contributed by atoms with Gasteiger partial charge in [0.2, 0.25) is 0 Å². The molecule has 3 heterocycles. The lowest BCUT2D eigenvalue weighted by Crippen LogP contribution is -2.41. The molecule has 1 aliphatic heterocycles. The van der Waals surface area contributed by atoms with Crippen LogP contribution in [0.2, 0.25) is 0 Å². The molecule has 8 heteroatoms. The fraction of sp³-hybridized carbons (Fsp3) is 0.261. The molecule has 152 valence electrons. The van der Waals surface area contributed by atoms with E-state index in [0.29, 0.717) is 11.4 Å². The zero-order valence-electron chi connectivity index (χ0n) is 17.7. The van der Waals surface area contributed by atoms with Gasteiger partial charge in [0.1, 0.15) is 23.5 Å². The Kier molecular flexibility index (Phi) is 5.06. The zero-order chi connectivity index (χ0) is 22.2. The molecule has 0 amide bonds. The first-order chi connectivity index (χ1) is 14.7. The minimum absolute atomic E-state index is 0.143. The first-order valence-electron chi connectivity index (χ1n) is 9.84. The minimum atomic E-state index is -0.409. The summed E-state index contributed by atoms with van der Waals surface area (Å²) in [6.07, 6.45) is 1.63. The molecule has 31 heavy (non-hydrogen) atoms. The van der Waals surface area contributed by atoms with Crippen LogP contribution in [0.3, 0.4) is 0 Å². The maximum absolute atomic E-state index is 9.10. The Labute approximate surface area is 181 Å². The Morgan fingerprint density at radius 2 is 1.35 bits per heavy atom. The van der Waals surface area contributed by atoms with Crippen molar-refractivity contribution in [3.63, 3.8) is 0 Å². The summed E-state index contributed by atoms with van der Waals surface area (Å²) in [7, 11) is -0.409. The second kappa shape index (κ2) is 7.59. The van der Waals surface area contributed by atoms with Crippen molar-refractivity contribution in [1.29, 1.82) is 10.5 Å². The number of aromatic nitrogens is 3. The fourth-order valence-corrected chi connectivity index (χ4v) is 3.18. The van der Waals surface area contributed by atoms with Gasteiger partial charge in [-0.3, -0.25) is 4.98 Å². The van der Waals surface area contributed by atoms with Crippen LogP contribution in [-0.2, 0) is 9.31 Å². The average molecular weight is 409 g/mol. The molecule has 1 aromatic carbocycles. The van der Waals surface area contributed by atoms with Crippen LogP contribution in [0.25, 0.3) is 22.6 Å².